The largest absolute Gasteiger partial charge is 0.479 e. The van der Waals surface area contributed by atoms with Crippen LogP contribution in [0.15, 0.2) is 52.5 Å². The molecule has 3 aromatic rings. The number of nitrogens with one attached hydrogen (secondary N) is 1. The maximum Gasteiger partial charge on any atom is 0.416 e. The summed E-state index contributed by atoms with van der Waals surface area (Å²) in [5.41, 5.74) is -3.35. The van der Waals surface area contributed by atoms with Gasteiger partial charge in [0, 0.05) is 5.39 Å². The molecule has 0 spiro atoms. The van der Waals surface area contributed by atoms with Gasteiger partial charge in [0.1, 0.15) is 0 Å². The molecule has 0 bridgehead atoms. The summed E-state index contributed by atoms with van der Waals surface area (Å²) in [6, 6.07) is 6.31. The minimum absolute atomic E-state index is 0.0920. The van der Waals surface area contributed by atoms with Gasteiger partial charge >= 0.3 is 18.3 Å². The molecule has 198 valence electrons. The number of rotatable bonds is 5. The number of benzene rings is 2. The number of nitrogens with zero attached hydrogens (tertiary/aromatic N) is 3. The molecule has 1 aliphatic heterocycles. The molecule has 1 saturated heterocycles. The molecule has 0 atom stereocenters. The molecular weight excluding hydrogens is 538 g/mol. The third-order valence-corrected chi connectivity index (χ3v) is 7.02. The van der Waals surface area contributed by atoms with E-state index in [9.17, 15) is 41.0 Å². The first kappa shape index (κ1) is 25.8. The van der Waals surface area contributed by atoms with Gasteiger partial charge in [0.15, 0.2) is 10.7 Å². The number of hydrogen-bond acceptors (Lipinski definition) is 5. The lowest BCUT2D eigenvalue weighted by Crippen LogP contribution is -2.26. The fourth-order valence-corrected chi connectivity index (χ4v) is 4.87. The lowest BCUT2D eigenvalue weighted by atomic mass is 10.0. The fraction of sp³-hybridized carbons (Fsp3) is 0.250. The van der Waals surface area contributed by atoms with Crippen molar-refractivity contribution in [3.05, 3.63) is 69.8 Å². The molecule has 1 aliphatic carbocycles. The van der Waals surface area contributed by atoms with Crippen LogP contribution in [-0.2, 0) is 28.5 Å². The van der Waals surface area contributed by atoms with Crippen molar-refractivity contribution in [2.45, 2.75) is 37.3 Å². The molecule has 2 heterocycles. The number of aliphatic imine (C=N–C) groups is 1. The average molecular weight is 554 g/mol. The van der Waals surface area contributed by atoms with Crippen molar-refractivity contribution in [3.8, 4) is 0 Å². The zero-order chi connectivity index (χ0) is 27.5. The van der Waals surface area contributed by atoms with Crippen LogP contribution < -0.4 is 5.32 Å². The van der Waals surface area contributed by atoms with E-state index in [2.05, 4.69) is 15.4 Å². The Balaban J connectivity index is 1.40. The fourth-order valence-electron chi connectivity index (χ4n) is 3.96. The third-order valence-electron chi connectivity index (χ3n) is 6.11. The second-order valence-corrected chi connectivity index (χ2v) is 9.84. The van der Waals surface area contributed by atoms with Gasteiger partial charge in [0.05, 0.1) is 34.3 Å². The first-order chi connectivity index (χ1) is 17.7. The Labute approximate surface area is 214 Å². The summed E-state index contributed by atoms with van der Waals surface area (Å²) < 4.78 is 80.7. The number of amides is 1. The molecule has 1 saturated carbocycles. The number of carbonyl (C=O) groups is 2. The number of carboxylic acid groups (broad SMARTS) is 1. The minimum atomic E-state index is -5.00. The van der Waals surface area contributed by atoms with Crippen LogP contribution in [0.5, 0.6) is 0 Å². The van der Waals surface area contributed by atoms with Crippen LogP contribution in [-0.4, -0.2) is 37.5 Å². The minimum Gasteiger partial charge on any atom is -0.479 e. The highest BCUT2D eigenvalue weighted by molar-refractivity contribution is 8.18. The van der Waals surface area contributed by atoms with Gasteiger partial charge in [-0.3, -0.25) is 9.48 Å². The highest BCUT2D eigenvalue weighted by Crippen LogP contribution is 2.42. The lowest BCUT2D eigenvalue weighted by molar-refractivity contribution is -0.143. The van der Waals surface area contributed by atoms with Crippen LogP contribution in [0.25, 0.3) is 17.0 Å². The van der Waals surface area contributed by atoms with Crippen molar-refractivity contribution in [1.82, 2.24) is 15.1 Å². The Morgan fingerprint density at radius 2 is 1.87 bits per heavy atom. The van der Waals surface area contributed by atoms with Crippen molar-refractivity contribution in [1.29, 1.82) is 0 Å². The molecule has 0 unspecified atom stereocenters. The van der Waals surface area contributed by atoms with Crippen LogP contribution in [0.3, 0.4) is 0 Å². The maximum atomic E-state index is 13.5. The zero-order valence-corrected chi connectivity index (χ0v) is 19.8. The van der Waals surface area contributed by atoms with Crippen molar-refractivity contribution >= 4 is 45.8 Å². The van der Waals surface area contributed by atoms with E-state index in [1.165, 1.54) is 10.9 Å². The number of hydrogen-bond donors (Lipinski definition) is 2. The van der Waals surface area contributed by atoms with Gasteiger partial charge in [0.25, 0.3) is 5.91 Å². The molecule has 2 aromatic carbocycles. The van der Waals surface area contributed by atoms with Crippen LogP contribution >= 0.6 is 11.8 Å². The molecule has 2 aliphatic rings. The van der Waals surface area contributed by atoms with E-state index >= 15 is 0 Å². The molecule has 38 heavy (non-hydrogen) atoms. The molecule has 1 amide bonds. The number of aromatic nitrogens is 2. The predicted molar refractivity (Wildman–Crippen MR) is 126 cm³/mol. The van der Waals surface area contributed by atoms with Gasteiger partial charge in [0.2, 0.25) is 0 Å². The van der Waals surface area contributed by atoms with Gasteiger partial charge in [-0.05, 0) is 66.1 Å². The maximum absolute atomic E-state index is 13.5. The normalized spacial score (nSPS) is 19.4. The lowest BCUT2D eigenvalue weighted by Gasteiger charge is -2.16. The molecular formula is C24H16F6N4O3S. The van der Waals surface area contributed by atoms with E-state index in [4.69, 9.17) is 0 Å². The summed E-state index contributed by atoms with van der Waals surface area (Å²) in [6.45, 7) is -0.416. The molecule has 5 rings (SSSR count). The van der Waals surface area contributed by atoms with Gasteiger partial charge in [-0.15, -0.1) is 0 Å². The molecule has 2 N–H and O–H groups in total. The summed E-state index contributed by atoms with van der Waals surface area (Å²) in [5, 5.41) is 16.6. The van der Waals surface area contributed by atoms with Crippen LogP contribution in [0.1, 0.15) is 35.1 Å². The van der Waals surface area contributed by atoms with Crippen LogP contribution in [0, 0.1) is 0 Å². The van der Waals surface area contributed by atoms with E-state index in [-0.39, 0.29) is 21.7 Å². The molecule has 14 heteroatoms. The van der Waals surface area contributed by atoms with Crippen molar-refractivity contribution < 1.29 is 41.0 Å². The number of carboxylic acids is 1. The SMILES string of the molecule is O=C1NC(=NC2(C(=O)O)CC2)S/C1=C\c1ccc2c(cnn2Cc2ccc(C(F)(F)F)cc2C(F)(F)F)c1. The second-order valence-electron chi connectivity index (χ2n) is 8.81. The zero-order valence-electron chi connectivity index (χ0n) is 19.0. The summed E-state index contributed by atoms with van der Waals surface area (Å²) in [6.07, 6.45) is -6.19. The van der Waals surface area contributed by atoms with E-state index in [1.807, 2.05) is 0 Å². The summed E-state index contributed by atoms with van der Waals surface area (Å²) in [7, 11) is 0. The quantitative estimate of drug-likeness (QED) is 0.330. The molecule has 2 fully saturated rings. The summed E-state index contributed by atoms with van der Waals surface area (Å²) in [4.78, 5) is 28.1. The molecule has 7 nitrogen and oxygen atoms in total. The second kappa shape index (κ2) is 8.89. The van der Waals surface area contributed by atoms with Crippen LogP contribution in [0.4, 0.5) is 26.3 Å². The first-order valence-corrected chi connectivity index (χ1v) is 11.8. The third kappa shape index (κ3) is 4.99. The van der Waals surface area contributed by atoms with E-state index in [0.29, 0.717) is 35.4 Å². The Morgan fingerprint density at radius 3 is 2.50 bits per heavy atom. The number of carbonyl (C=O) groups excluding carboxylic acids is 1. The number of aliphatic carboxylic acids is 1. The van der Waals surface area contributed by atoms with Gasteiger partial charge in [-0.25, -0.2) is 9.79 Å². The van der Waals surface area contributed by atoms with Crippen molar-refractivity contribution in [2.75, 3.05) is 0 Å². The van der Waals surface area contributed by atoms with Crippen molar-refractivity contribution in [3.63, 3.8) is 0 Å². The summed E-state index contributed by atoms with van der Waals surface area (Å²) >= 11 is 0.997. The average Bonchev–Trinajstić information content (AvgIpc) is 3.39. The number of amidine groups is 1. The smallest absolute Gasteiger partial charge is 0.416 e. The van der Waals surface area contributed by atoms with E-state index in [1.54, 1.807) is 24.3 Å². The van der Waals surface area contributed by atoms with Gasteiger partial charge in [-0.2, -0.15) is 31.4 Å². The Morgan fingerprint density at radius 1 is 1.13 bits per heavy atom. The first-order valence-electron chi connectivity index (χ1n) is 11.0. The van der Waals surface area contributed by atoms with E-state index in [0.717, 1.165) is 17.8 Å². The molecule has 0 radical (unpaired) electrons. The van der Waals surface area contributed by atoms with Gasteiger partial charge in [-0.1, -0.05) is 12.1 Å². The highest BCUT2D eigenvalue weighted by atomic mass is 32.2. The standard InChI is InChI=1S/C24H16F6N4O3S/c25-23(26,27)15-3-2-13(16(9-15)24(28,29)30)11-34-17-4-1-12(7-14(17)10-31-34)8-18-19(35)32-21(38-18)33-22(5-6-22)20(36)37/h1-4,7-10H,5-6,11H2,(H,36,37)(H,32,33,35)/b18-8-. The number of alkyl halides is 6. The predicted octanol–water partition coefficient (Wildman–Crippen LogP) is 5.30. The molecule has 1 aromatic heterocycles. The Hall–Kier alpha value is -3.81. The van der Waals surface area contributed by atoms with Crippen molar-refractivity contribution in [2.24, 2.45) is 4.99 Å². The summed E-state index contributed by atoms with van der Waals surface area (Å²) in [5.74, 6) is -1.51. The monoisotopic (exact) mass is 554 g/mol. The van der Waals surface area contributed by atoms with Gasteiger partial charge < -0.3 is 10.4 Å². The Kier molecular flexibility index (Phi) is 6.04. The number of thioether (sulfide) groups is 1. The number of halogens is 6. The Bertz CT molecular complexity index is 1540. The van der Waals surface area contributed by atoms with E-state index < -0.39 is 47.4 Å². The topological polar surface area (TPSA) is 96.6 Å². The van der Waals surface area contributed by atoms with Crippen LogP contribution in [0.2, 0.25) is 0 Å². The number of fused-ring (bicyclic) bond motifs is 1. The highest BCUT2D eigenvalue weighted by Gasteiger charge is 2.51.